The van der Waals surface area contributed by atoms with Crippen LogP contribution in [0.5, 0.6) is 0 Å². The quantitative estimate of drug-likeness (QED) is 0.849. The first-order chi connectivity index (χ1) is 10.2. The van der Waals surface area contributed by atoms with Crippen LogP contribution in [0.25, 0.3) is 0 Å². The van der Waals surface area contributed by atoms with Gasteiger partial charge >= 0.3 is 0 Å². The van der Waals surface area contributed by atoms with Crippen LogP contribution < -0.4 is 10.6 Å². The molecule has 0 atom stereocenters. The Labute approximate surface area is 132 Å². The molecule has 2 rings (SSSR count). The fraction of sp³-hybridized carbons (Fsp3) is 0.588. The smallest absolute Gasteiger partial charge is 0.251 e. The van der Waals surface area contributed by atoms with Crippen molar-refractivity contribution in [1.29, 1.82) is 0 Å². The number of thioether (sulfide) groups is 1. The topological polar surface area (TPSA) is 41.1 Å². The van der Waals surface area contributed by atoms with Crippen molar-refractivity contribution < 1.29 is 4.79 Å². The molecular weight excluding hydrogens is 280 g/mol. The van der Waals surface area contributed by atoms with Crippen molar-refractivity contribution in [3.8, 4) is 0 Å². The van der Waals surface area contributed by atoms with Crippen LogP contribution in [0, 0.1) is 0 Å². The fourth-order valence-corrected chi connectivity index (χ4v) is 3.67. The average molecular weight is 306 g/mol. The molecule has 1 aliphatic rings. The van der Waals surface area contributed by atoms with E-state index in [1.54, 1.807) is 0 Å². The first-order valence-corrected chi connectivity index (χ1v) is 9.09. The molecule has 2 N–H and O–H groups in total. The van der Waals surface area contributed by atoms with Crippen molar-refractivity contribution in [2.45, 2.75) is 43.4 Å². The van der Waals surface area contributed by atoms with Gasteiger partial charge in [-0.1, -0.05) is 18.2 Å². The maximum absolute atomic E-state index is 12.5. The van der Waals surface area contributed by atoms with E-state index in [1.807, 2.05) is 37.0 Å². The highest BCUT2D eigenvalue weighted by atomic mass is 32.2. The second-order valence-electron chi connectivity index (χ2n) is 5.69. The highest BCUT2D eigenvalue weighted by Gasteiger charge is 2.22. The third kappa shape index (κ3) is 4.75. The molecule has 0 bridgehead atoms. The molecule has 3 nitrogen and oxygen atoms in total. The number of benzene rings is 1. The maximum Gasteiger partial charge on any atom is 0.251 e. The Morgan fingerprint density at radius 2 is 1.95 bits per heavy atom. The molecule has 0 spiro atoms. The molecule has 1 aromatic rings. The van der Waals surface area contributed by atoms with Crippen LogP contribution in [0.3, 0.4) is 0 Å². The van der Waals surface area contributed by atoms with Crippen molar-refractivity contribution in [3.05, 3.63) is 35.4 Å². The van der Waals surface area contributed by atoms with Crippen LogP contribution in [0.1, 0.15) is 41.6 Å². The Morgan fingerprint density at radius 1 is 1.24 bits per heavy atom. The van der Waals surface area contributed by atoms with Crippen molar-refractivity contribution >= 4 is 17.7 Å². The number of carbonyl (C=O) groups excluding carboxylic acids is 1. The summed E-state index contributed by atoms with van der Waals surface area (Å²) in [6, 6.07) is 8.29. The van der Waals surface area contributed by atoms with E-state index < -0.39 is 0 Å². The summed E-state index contributed by atoms with van der Waals surface area (Å²) in [5, 5.41) is 7.15. The zero-order valence-electron chi connectivity index (χ0n) is 13.0. The van der Waals surface area contributed by atoms with Gasteiger partial charge in [0.05, 0.1) is 0 Å². The van der Waals surface area contributed by atoms with E-state index in [4.69, 9.17) is 0 Å². The lowest BCUT2D eigenvalue weighted by atomic mass is 9.94. The van der Waals surface area contributed by atoms with E-state index in [0.717, 1.165) is 42.2 Å². The third-order valence-corrected chi connectivity index (χ3v) is 5.39. The molecule has 116 valence electrons. The lowest BCUT2D eigenvalue weighted by Gasteiger charge is -2.28. The lowest BCUT2D eigenvalue weighted by Crippen LogP contribution is -2.38. The number of nitrogens with one attached hydrogen (secondary N) is 2. The Bertz CT molecular complexity index is 456. The van der Waals surface area contributed by atoms with Crippen LogP contribution in [0.4, 0.5) is 0 Å². The van der Waals surface area contributed by atoms with E-state index >= 15 is 0 Å². The number of likely N-dealkylation sites (N-methyl/N-ethyl adjacent to an activating group) is 1. The van der Waals surface area contributed by atoms with Gasteiger partial charge in [-0.05, 0) is 63.6 Å². The predicted molar refractivity (Wildman–Crippen MR) is 91.1 cm³/mol. The third-order valence-electron chi connectivity index (χ3n) is 4.25. The molecule has 4 heteroatoms. The van der Waals surface area contributed by atoms with Gasteiger partial charge in [0, 0.05) is 16.9 Å². The molecule has 1 aliphatic carbocycles. The van der Waals surface area contributed by atoms with Crippen LogP contribution in [-0.2, 0) is 6.42 Å². The summed E-state index contributed by atoms with van der Waals surface area (Å²) in [4.78, 5) is 12.5. The largest absolute Gasteiger partial charge is 0.349 e. The van der Waals surface area contributed by atoms with Gasteiger partial charge in [0.25, 0.3) is 5.91 Å². The van der Waals surface area contributed by atoms with Crippen LogP contribution >= 0.6 is 11.8 Å². The first-order valence-electron chi connectivity index (χ1n) is 7.80. The molecule has 1 aromatic carbocycles. The van der Waals surface area contributed by atoms with Crippen LogP contribution in [0.15, 0.2) is 24.3 Å². The summed E-state index contributed by atoms with van der Waals surface area (Å²) in [6.45, 7) is 0.892. The van der Waals surface area contributed by atoms with Gasteiger partial charge in [0.2, 0.25) is 0 Å². The number of carbonyl (C=O) groups is 1. The zero-order chi connectivity index (χ0) is 15.1. The normalized spacial score (nSPS) is 22.0. The van der Waals surface area contributed by atoms with Crippen molar-refractivity contribution in [2.75, 3.05) is 19.8 Å². The maximum atomic E-state index is 12.5. The molecule has 0 heterocycles. The second-order valence-corrected chi connectivity index (χ2v) is 6.83. The summed E-state index contributed by atoms with van der Waals surface area (Å²) >= 11 is 1.95. The molecule has 1 saturated carbocycles. The minimum atomic E-state index is 0.0919. The minimum Gasteiger partial charge on any atom is -0.349 e. The predicted octanol–water partition coefficient (Wildman–Crippen LogP) is 2.85. The summed E-state index contributed by atoms with van der Waals surface area (Å²) in [5.41, 5.74) is 1.96. The molecule has 0 aliphatic heterocycles. The van der Waals surface area contributed by atoms with E-state index in [-0.39, 0.29) is 5.91 Å². The Balaban J connectivity index is 1.94. The molecule has 0 radical (unpaired) electrons. The number of hydrogen-bond donors (Lipinski definition) is 2. The lowest BCUT2D eigenvalue weighted by molar-refractivity contribution is 0.0927. The number of amides is 1. The van der Waals surface area contributed by atoms with Crippen LogP contribution in [0.2, 0.25) is 0 Å². The molecule has 1 fully saturated rings. The monoisotopic (exact) mass is 306 g/mol. The zero-order valence-corrected chi connectivity index (χ0v) is 13.8. The highest BCUT2D eigenvalue weighted by molar-refractivity contribution is 7.99. The number of hydrogen-bond acceptors (Lipinski definition) is 3. The molecule has 0 saturated heterocycles. The summed E-state index contributed by atoms with van der Waals surface area (Å²) < 4.78 is 0. The standard InChI is InChI=1S/C17H26N2OS/c1-18-12-11-13-5-3-4-6-16(13)17(20)19-14-7-9-15(21-2)10-8-14/h3-6,14-15,18H,7-12H2,1-2H3,(H,19,20). The molecule has 0 unspecified atom stereocenters. The Hall–Kier alpha value is -1.00. The Kier molecular flexibility index (Phi) is 6.58. The highest BCUT2D eigenvalue weighted by Crippen LogP contribution is 2.27. The second kappa shape index (κ2) is 8.44. The minimum absolute atomic E-state index is 0.0919. The number of rotatable bonds is 6. The van der Waals surface area contributed by atoms with E-state index in [9.17, 15) is 4.79 Å². The molecule has 21 heavy (non-hydrogen) atoms. The average Bonchev–Trinajstić information content (AvgIpc) is 2.54. The van der Waals surface area contributed by atoms with Gasteiger partial charge in [0.1, 0.15) is 0 Å². The van der Waals surface area contributed by atoms with E-state index in [2.05, 4.69) is 23.0 Å². The molecular formula is C17H26N2OS. The summed E-state index contributed by atoms with van der Waals surface area (Å²) in [7, 11) is 1.94. The SMILES string of the molecule is CNCCc1ccccc1C(=O)NC1CCC(SC)CC1. The summed E-state index contributed by atoms with van der Waals surface area (Å²) in [6.07, 6.45) is 7.72. The van der Waals surface area contributed by atoms with Gasteiger partial charge < -0.3 is 10.6 Å². The summed E-state index contributed by atoms with van der Waals surface area (Å²) in [5.74, 6) is 0.0919. The van der Waals surface area contributed by atoms with Gasteiger partial charge in [-0.2, -0.15) is 11.8 Å². The van der Waals surface area contributed by atoms with Gasteiger partial charge in [-0.3, -0.25) is 4.79 Å². The van der Waals surface area contributed by atoms with Crippen LogP contribution in [-0.4, -0.2) is 37.0 Å². The fourth-order valence-electron chi connectivity index (χ4n) is 2.93. The van der Waals surface area contributed by atoms with Crippen molar-refractivity contribution in [1.82, 2.24) is 10.6 Å². The van der Waals surface area contributed by atoms with E-state index in [1.165, 1.54) is 12.8 Å². The molecule has 0 aromatic heterocycles. The first kappa shape index (κ1) is 16.4. The molecule has 1 amide bonds. The van der Waals surface area contributed by atoms with Gasteiger partial charge in [-0.25, -0.2) is 0 Å². The van der Waals surface area contributed by atoms with Gasteiger partial charge in [0.15, 0.2) is 0 Å². The van der Waals surface area contributed by atoms with E-state index in [0.29, 0.717) is 6.04 Å². The Morgan fingerprint density at radius 3 is 2.62 bits per heavy atom. The van der Waals surface area contributed by atoms with Crippen molar-refractivity contribution in [3.63, 3.8) is 0 Å². The van der Waals surface area contributed by atoms with Gasteiger partial charge in [-0.15, -0.1) is 0 Å². The van der Waals surface area contributed by atoms with Crippen molar-refractivity contribution in [2.24, 2.45) is 0 Å².